The smallest absolute Gasteiger partial charge is 0.338 e. The van der Waals surface area contributed by atoms with Gasteiger partial charge in [-0.2, -0.15) is 5.10 Å². The van der Waals surface area contributed by atoms with Gasteiger partial charge in [-0.15, -0.1) is 0 Å². The van der Waals surface area contributed by atoms with Gasteiger partial charge >= 0.3 is 5.97 Å². The molecule has 0 unspecified atom stereocenters. The van der Waals surface area contributed by atoms with Crippen molar-refractivity contribution in [1.82, 2.24) is 9.78 Å². The Bertz CT molecular complexity index is 1070. The summed E-state index contributed by atoms with van der Waals surface area (Å²) in [6.45, 7) is 3.71. The molecule has 0 spiro atoms. The molecule has 0 bridgehead atoms. The fourth-order valence-corrected chi connectivity index (χ4v) is 2.66. The van der Waals surface area contributed by atoms with E-state index < -0.39 is 17.3 Å². The number of rotatable bonds is 5. The van der Waals surface area contributed by atoms with Crippen LogP contribution >= 0.6 is 0 Å². The number of carbonyl (C=O) groups is 2. The first-order chi connectivity index (χ1) is 13.5. The van der Waals surface area contributed by atoms with Crippen molar-refractivity contribution >= 4 is 17.6 Å². The minimum absolute atomic E-state index is 0.240. The third-order valence-corrected chi connectivity index (χ3v) is 3.95. The van der Waals surface area contributed by atoms with E-state index in [9.17, 15) is 14.4 Å². The fraction of sp³-hybridized carbons (Fsp3) is 0.143. The average Bonchev–Trinajstić information content (AvgIpc) is 2.69. The first-order valence-corrected chi connectivity index (χ1v) is 8.74. The Balaban J connectivity index is 1.90. The summed E-state index contributed by atoms with van der Waals surface area (Å²) in [4.78, 5) is 36.8. The molecule has 7 heteroatoms. The standard InChI is InChI=1S/C21H19N3O4/c1-3-28-21(27)15-8-7-9-16(13-15)22-20(26)19-18(25)12-14(2)24(23-19)17-10-5-4-6-11-17/h4-13H,3H2,1-2H3,(H,22,26). The zero-order valence-electron chi connectivity index (χ0n) is 15.5. The van der Waals surface area contributed by atoms with Gasteiger partial charge in [0.25, 0.3) is 5.91 Å². The average molecular weight is 377 g/mol. The highest BCUT2D eigenvalue weighted by atomic mass is 16.5. The summed E-state index contributed by atoms with van der Waals surface area (Å²) >= 11 is 0. The van der Waals surface area contributed by atoms with Gasteiger partial charge in [0.1, 0.15) is 0 Å². The van der Waals surface area contributed by atoms with Crippen molar-refractivity contribution in [3.8, 4) is 5.69 Å². The monoisotopic (exact) mass is 377 g/mol. The van der Waals surface area contributed by atoms with Crippen LogP contribution in [0.5, 0.6) is 0 Å². The van der Waals surface area contributed by atoms with Gasteiger partial charge in [-0.05, 0) is 44.2 Å². The maximum atomic E-state index is 12.6. The summed E-state index contributed by atoms with van der Waals surface area (Å²) in [6, 6.07) is 16.9. The number of benzene rings is 2. The highest BCUT2D eigenvalue weighted by Crippen LogP contribution is 2.13. The van der Waals surface area contributed by atoms with E-state index in [2.05, 4.69) is 10.4 Å². The molecule has 0 atom stereocenters. The Morgan fingerprint density at radius 1 is 1.07 bits per heavy atom. The molecule has 0 saturated heterocycles. The van der Waals surface area contributed by atoms with Crippen molar-refractivity contribution in [2.24, 2.45) is 0 Å². The molecule has 1 amide bonds. The molecule has 2 aromatic carbocycles. The molecule has 3 rings (SSSR count). The van der Waals surface area contributed by atoms with Crippen LogP contribution in [0.25, 0.3) is 5.69 Å². The molecule has 0 fully saturated rings. The number of hydrogen-bond acceptors (Lipinski definition) is 5. The number of ether oxygens (including phenoxy) is 1. The quantitative estimate of drug-likeness (QED) is 0.691. The number of amides is 1. The molecule has 1 heterocycles. The first kappa shape index (κ1) is 19.0. The number of anilines is 1. The van der Waals surface area contributed by atoms with Gasteiger partial charge in [-0.25, -0.2) is 9.48 Å². The lowest BCUT2D eigenvalue weighted by Gasteiger charge is -2.11. The van der Waals surface area contributed by atoms with E-state index in [0.717, 1.165) is 5.69 Å². The molecule has 0 saturated carbocycles. The lowest BCUT2D eigenvalue weighted by molar-refractivity contribution is 0.0526. The van der Waals surface area contributed by atoms with Crippen LogP contribution in [-0.2, 0) is 4.74 Å². The van der Waals surface area contributed by atoms with Gasteiger partial charge in [0, 0.05) is 17.4 Å². The van der Waals surface area contributed by atoms with Gasteiger partial charge in [-0.3, -0.25) is 9.59 Å². The molecule has 142 valence electrons. The summed E-state index contributed by atoms with van der Waals surface area (Å²) in [7, 11) is 0. The number of nitrogens with one attached hydrogen (secondary N) is 1. The van der Waals surface area contributed by atoms with Crippen LogP contribution in [0.4, 0.5) is 5.69 Å². The minimum Gasteiger partial charge on any atom is -0.462 e. The van der Waals surface area contributed by atoms with Gasteiger partial charge in [0.05, 0.1) is 17.9 Å². The molecule has 28 heavy (non-hydrogen) atoms. The molecular weight excluding hydrogens is 358 g/mol. The predicted octanol–water partition coefficient (Wildman–Crippen LogP) is 2.97. The Morgan fingerprint density at radius 3 is 2.54 bits per heavy atom. The number of nitrogens with zero attached hydrogens (tertiary/aromatic N) is 2. The van der Waals surface area contributed by atoms with Crippen molar-refractivity contribution < 1.29 is 14.3 Å². The topological polar surface area (TPSA) is 90.3 Å². The largest absolute Gasteiger partial charge is 0.462 e. The van der Waals surface area contributed by atoms with Crippen LogP contribution in [0.15, 0.2) is 65.5 Å². The van der Waals surface area contributed by atoms with Crippen molar-refractivity contribution in [3.05, 3.63) is 87.8 Å². The number of aryl methyl sites for hydroxylation is 1. The maximum Gasteiger partial charge on any atom is 0.338 e. The van der Waals surface area contributed by atoms with Gasteiger partial charge in [0.2, 0.25) is 5.43 Å². The predicted molar refractivity (Wildman–Crippen MR) is 105 cm³/mol. The lowest BCUT2D eigenvalue weighted by Crippen LogP contribution is -2.27. The first-order valence-electron chi connectivity index (χ1n) is 8.74. The van der Waals surface area contributed by atoms with E-state index in [1.165, 1.54) is 16.8 Å². The van der Waals surface area contributed by atoms with Crippen LogP contribution in [0.3, 0.4) is 0 Å². The summed E-state index contributed by atoms with van der Waals surface area (Å²) in [5.41, 5.74) is 1.29. The van der Waals surface area contributed by atoms with Crippen LogP contribution in [0, 0.1) is 6.92 Å². The van der Waals surface area contributed by atoms with Crippen LogP contribution in [0.2, 0.25) is 0 Å². The highest BCUT2D eigenvalue weighted by molar-refractivity contribution is 6.03. The van der Waals surface area contributed by atoms with E-state index in [1.54, 1.807) is 32.0 Å². The third kappa shape index (κ3) is 4.15. The third-order valence-electron chi connectivity index (χ3n) is 3.95. The molecule has 1 N–H and O–H groups in total. The summed E-state index contributed by atoms with van der Waals surface area (Å²) in [5, 5.41) is 6.84. The second kappa shape index (κ2) is 8.30. The molecule has 0 aliphatic carbocycles. The molecular formula is C21H19N3O4. The number of carbonyl (C=O) groups excluding carboxylic acids is 2. The summed E-state index contributed by atoms with van der Waals surface area (Å²) < 4.78 is 6.49. The molecule has 0 radical (unpaired) electrons. The molecule has 3 aromatic rings. The Kier molecular flexibility index (Phi) is 5.64. The van der Waals surface area contributed by atoms with Crippen LogP contribution < -0.4 is 10.7 Å². The van der Waals surface area contributed by atoms with Crippen LogP contribution in [-0.4, -0.2) is 28.3 Å². The van der Waals surface area contributed by atoms with E-state index in [0.29, 0.717) is 16.9 Å². The molecule has 7 nitrogen and oxygen atoms in total. The minimum atomic E-state index is -0.657. The van der Waals surface area contributed by atoms with Crippen molar-refractivity contribution in [3.63, 3.8) is 0 Å². The van der Waals surface area contributed by atoms with Gasteiger partial charge in [-0.1, -0.05) is 24.3 Å². The van der Waals surface area contributed by atoms with Crippen molar-refractivity contribution in [2.75, 3.05) is 11.9 Å². The van der Waals surface area contributed by atoms with Crippen molar-refractivity contribution in [2.45, 2.75) is 13.8 Å². The van der Waals surface area contributed by atoms with E-state index in [-0.39, 0.29) is 12.3 Å². The van der Waals surface area contributed by atoms with Crippen molar-refractivity contribution in [1.29, 1.82) is 0 Å². The number of hydrogen-bond donors (Lipinski definition) is 1. The lowest BCUT2D eigenvalue weighted by atomic mass is 10.2. The maximum absolute atomic E-state index is 12.6. The SMILES string of the molecule is CCOC(=O)c1cccc(NC(=O)c2nn(-c3ccccc3)c(C)cc2=O)c1. The van der Waals surface area contributed by atoms with E-state index in [1.807, 2.05) is 30.3 Å². The second-order valence-corrected chi connectivity index (χ2v) is 6.00. The van der Waals surface area contributed by atoms with Gasteiger partial charge < -0.3 is 10.1 Å². The summed E-state index contributed by atoms with van der Waals surface area (Å²) in [6.07, 6.45) is 0. The molecule has 0 aliphatic rings. The highest BCUT2D eigenvalue weighted by Gasteiger charge is 2.16. The molecule has 1 aromatic heterocycles. The second-order valence-electron chi connectivity index (χ2n) is 6.00. The number of para-hydroxylation sites is 1. The Morgan fingerprint density at radius 2 is 1.82 bits per heavy atom. The Hall–Kier alpha value is -3.74. The van der Waals surface area contributed by atoms with E-state index >= 15 is 0 Å². The normalized spacial score (nSPS) is 10.4. The fourth-order valence-electron chi connectivity index (χ4n) is 2.66. The van der Waals surface area contributed by atoms with Gasteiger partial charge in [0.15, 0.2) is 5.69 Å². The van der Waals surface area contributed by atoms with E-state index in [4.69, 9.17) is 4.74 Å². The number of aromatic nitrogens is 2. The Labute approximate surface area is 161 Å². The number of esters is 1. The van der Waals surface area contributed by atoms with Crippen LogP contribution in [0.1, 0.15) is 33.5 Å². The zero-order valence-corrected chi connectivity index (χ0v) is 15.5. The zero-order chi connectivity index (χ0) is 20.1. The summed E-state index contributed by atoms with van der Waals surface area (Å²) in [5.74, 6) is -1.14. The molecule has 0 aliphatic heterocycles.